The minimum atomic E-state index is -2.43. The second-order valence-electron chi connectivity index (χ2n) is 1.38. The van der Waals surface area contributed by atoms with Gasteiger partial charge in [0.1, 0.15) is 6.61 Å². The summed E-state index contributed by atoms with van der Waals surface area (Å²) in [4.78, 5) is 8.05. The Kier molecular flexibility index (Phi) is 4.47. The molecule has 0 radical (unpaired) electrons. The SMILES string of the molecule is CC(S)CO[P+](=O)O. The van der Waals surface area contributed by atoms with Crippen molar-refractivity contribution in [2.24, 2.45) is 0 Å². The predicted octanol–water partition coefficient (Wildman–Crippen LogP) is 0.971. The summed E-state index contributed by atoms with van der Waals surface area (Å²) in [6, 6.07) is 0. The summed E-state index contributed by atoms with van der Waals surface area (Å²) in [7, 11) is -2.43. The van der Waals surface area contributed by atoms with E-state index in [0.717, 1.165) is 0 Å². The minimum absolute atomic E-state index is 0.0149. The molecule has 48 valence electrons. The average molecular weight is 155 g/mol. The lowest BCUT2D eigenvalue weighted by Crippen LogP contribution is -1.98. The molecule has 0 saturated heterocycles. The van der Waals surface area contributed by atoms with Crippen LogP contribution in [-0.2, 0) is 9.09 Å². The van der Waals surface area contributed by atoms with Gasteiger partial charge in [0.2, 0.25) is 0 Å². The Morgan fingerprint density at radius 1 is 2.00 bits per heavy atom. The first-order valence-corrected chi connectivity index (χ1v) is 3.74. The molecule has 5 heteroatoms. The number of hydrogen-bond acceptors (Lipinski definition) is 3. The molecule has 0 aromatic heterocycles. The molecule has 0 fully saturated rings. The molecule has 0 amide bonds. The van der Waals surface area contributed by atoms with E-state index in [-0.39, 0.29) is 11.9 Å². The molecule has 0 aliphatic rings. The van der Waals surface area contributed by atoms with Crippen LogP contribution in [0.25, 0.3) is 0 Å². The third-order valence-electron chi connectivity index (χ3n) is 0.426. The van der Waals surface area contributed by atoms with Crippen LogP contribution in [0.15, 0.2) is 0 Å². The summed E-state index contributed by atoms with van der Waals surface area (Å²) in [5.74, 6) is 0. The molecule has 0 aliphatic heterocycles. The van der Waals surface area contributed by atoms with E-state index in [1.54, 1.807) is 6.92 Å². The van der Waals surface area contributed by atoms with Crippen molar-refractivity contribution in [2.45, 2.75) is 12.2 Å². The fraction of sp³-hybridized carbons (Fsp3) is 1.00. The number of hydrogen-bond donors (Lipinski definition) is 2. The van der Waals surface area contributed by atoms with Gasteiger partial charge in [-0.05, 0) is 0 Å². The van der Waals surface area contributed by atoms with Gasteiger partial charge in [-0.25, -0.2) is 0 Å². The fourth-order valence-electron chi connectivity index (χ4n) is 0.172. The van der Waals surface area contributed by atoms with Crippen molar-refractivity contribution in [1.82, 2.24) is 0 Å². The van der Waals surface area contributed by atoms with Crippen molar-refractivity contribution in [2.75, 3.05) is 6.61 Å². The molecule has 8 heavy (non-hydrogen) atoms. The van der Waals surface area contributed by atoms with E-state index in [0.29, 0.717) is 0 Å². The molecule has 0 aliphatic carbocycles. The van der Waals surface area contributed by atoms with E-state index in [2.05, 4.69) is 17.2 Å². The summed E-state index contributed by atoms with van der Waals surface area (Å²) in [6.07, 6.45) is 0. The predicted molar refractivity (Wildman–Crippen MR) is 34.2 cm³/mol. The fourth-order valence-corrected chi connectivity index (χ4v) is 0.715. The highest BCUT2D eigenvalue weighted by molar-refractivity contribution is 7.80. The molecule has 0 aromatic rings. The molecule has 0 heterocycles. The molecule has 0 saturated carbocycles. The second kappa shape index (κ2) is 4.27. The standard InChI is InChI=1S/C3H7O3PS/c1-3(8)2-6-7(4)5/h3H,2H2,1H3,(H-,4,5,8)/p+1. The molecule has 0 aromatic carbocycles. The lowest BCUT2D eigenvalue weighted by Gasteiger charge is -1.91. The van der Waals surface area contributed by atoms with Gasteiger partial charge in [-0.15, -0.1) is 9.42 Å². The minimum Gasteiger partial charge on any atom is -0.174 e. The van der Waals surface area contributed by atoms with Gasteiger partial charge in [0.05, 0.1) is 0 Å². The maximum Gasteiger partial charge on any atom is 0.694 e. The Labute approximate surface area is 54.4 Å². The van der Waals surface area contributed by atoms with Crippen LogP contribution < -0.4 is 0 Å². The smallest absolute Gasteiger partial charge is 0.174 e. The van der Waals surface area contributed by atoms with Crippen molar-refractivity contribution < 1.29 is 14.0 Å². The third kappa shape index (κ3) is 6.37. The van der Waals surface area contributed by atoms with Gasteiger partial charge in [-0.2, -0.15) is 12.6 Å². The summed E-state index contributed by atoms with van der Waals surface area (Å²) in [6.45, 7) is 2.00. The molecule has 0 bridgehead atoms. The highest BCUT2D eigenvalue weighted by Gasteiger charge is 2.12. The first-order valence-electron chi connectivity index (χ1n) is 2.10. The van der Waals surface area contributed by atoms with E-state index in [1.165, 1.54) is 0 Å². The van der Waals surface area contributed by atoms with Crippen LogP contribution in [0.2, 0.25) is 0 Å². The Hall–Kier alpha value is 0.370. The molecule has 0 rings (SSSR count). The van der Waals surface area contributed by atoms with E-state index >= 15 is 0 Å². The number of thiol groups is 1. The van der Waals surface area contributed by atoms with E-state index in [4.69, 9.17) is 4.89 Å². The maximum absolute atomic E-state index is 9.80. The summed E-state index contributed by atoms with van der Waals surface area (Å²) in [5.41, 5.74) is 0. The highest BCUT2D eigenvalue weighted by atomic mass is 32.1. The van der Waals surface area contributed by atoms with Crippen LogP contribution in [0.3, 0.4) is 0 Å². The van der Waals surface area contributed by atoms with Crippen LogP contribution >= 0.6 is 20.9 Å². The molecule has 1 N–H and O–H groups in total. The normalized spacial score (nSPS) is 15.6. The lowest BCUT2D eigenvalue weighted by molar-refractivity contribution is 0.286. The summed E-state index contributed by atoms with van der Waals surface area (Å²) in [5, 5.41) is 0.0149. The van der Waals surface area contributed by atoms with Crippen LogP contribution in [0, 0.1) is 0 Å². The van der Waals surface area contributed by atoms with E-state index in [9.17, 15) is 4.57 Å². The molecule has 0 spiro atoms. The van der Waals surface area contributed by atoms with Gasteiger partial charge in [-0.3, -0.25) is 0 Å². The van der Waals surface area contributed by atoms with Gasteiger partial charge < -0.3 is 0 Å². The molecule has 3 nitrogen and oxygen atoms in total. The Morgan fingerprint density at radius 2 is 2.50 bits per heavy atom. The van der Waals surface area contributed by atoms with E-state index in [1.807, 2.05) is 0 Å². The third-order valence-corrected chi connectivity index (χ3v) is 0.945. The van der Waals surface area contributed by atoms with Crippen LogP contribution in [-0.4, -0.2) is 16.8 Å². The largest absolute Gasteiger partial charge is 0.694 e. The van der Waals surface area contributed by atoms with Gasteiger partial charge in [0, 0.05) is 9.81 Å². The highest BCUT2D eigenvalue weighted by Crippen LogP contribution is 2.15. The van der Waals surface area contributed by atoms with E-state index < -0.39 is 8.25 Å². The Balaban J connectivity index is 3.05. The quantitative estimate of drug-likeness (QED) is 0.471. The zero-order valence-electron chi connectivity index (χ0n) is 4.44. The Morgan fingerprint density at radius 3 is 2.62 bits per heavy atom. The topological polar surface area (TPSA) is 46.5 Å². The molecular formula is C3H8O3PS+. The first kappa shape index (κ1) is 8.37. The van der Waals surface area contributed by atoms with Gasteiger partial charge in [0.15, 0.2) is 0 Å². The van der Waals surface area contributed by atoms with Gasteiger partial charge >= 0.3 is 8.25 Å². The van der Waals surface area contributed by atoms with Crippen molar-refractivity contribution in [3.8, 4) is 0 Å². The molecular weight excluding hydrogens is 147 g/mol. The van der Waals surface area contributed by atoms with Gasteiger partial charge in [-0.1, -0.05) is 6.92 Å². The second-order valence-corrected chi connectivity index (χ2v) is 3.00. The molecule has 2 unspecified atom stereocenters. The summed E-state index contributed by atoms with van der Waals surface area (Å²) < 4.78 is 14.1. The van der Waals surface area contributed by atoms with Crippen molar-refractivity contribution >= 4 is 20.9 Å². The van der Waals surface area contributed by atoms with Gasteiger partial charge in [0.25, 0.3) is 0 Å². The van der Waals surface area contributed by atoms with Crippen molar-refractivity contribution in [3.05, 3.63) is 0 Å². The van der Waals surface area contributed by atoms with Crippen molar-refractivity contribution in [3.63, 3.8) is 0 Å². The number of rotatable bonds is 3. The van der Waals surface area contributed by atoms with Crippen LogP contribution in [0.5, 0.6) is 0 Å². The maximum atomic E-state index is 9.80. The lowest BCUT2D eigenvalue weighted by atomic mass is 10.5. The average Bonchev–Trinajstić information content (AvgIpc) is 1.61. The first-order chi connectivity index (χ1) is 3.63. The zero-order chi connectivity index (χ0) is 6.57. The van der Waals surface area contributed by atoms with Crippen molar-refractivity contribution in [1.29, 1.82) is 0 Å². The van der Waals surface area contributed by atoms with Crippen LogP contribution in [0.1, 0.15) is 6.92 Å². The zero-order valence-corrected chi connectivity index (χ0v) is 6.23. The summed E-state index contributed by atoms with van der Waals surface area (Å²) >= 11 is 3.91. The monoisotopic (exact) mass is 155 g/mol. The van der Waals surface area contributed by atoms with Crippen LogP contribution in [0.4, 0.5) is 0 Å². The molecule has 2 atom stereocenters. The Bertz CT molecular complexity index is 84.6.